The molecule has 1 atom stereocenters. The number of hydrogen-bond donors (Lipinski definition) is 1. The standard InChI is InChI=1S/C13H15ClFN3O/c1-2-3-11(16)13-17-12(18-19-13)6-8-4-5-9(15)7-10(8)14/h4-5,7,11H,2-3,6,16H2,1H3/t11-/m0/s1. The molecule has 2 aromatic rings. The monoisotopic (exact) mass is 283 g/mol. The van der Waals surface area contributed by atoms with Gasteiger partial charge in [0.25, 0.3) is 0 Å². The molecule has 4 nitrogen and oxygen atoms in total. The minimum Gasteiger partial charge on any atom is -0.338 e. The molecule has 2 rings (SSSR count). The van der Waals surface area contributed by atoms with Crippen molar-refractivity contribution < 1.29 is 8.91 Å². The maximum Gasteiger partial charge on any atom is 0.243 e. The van der Waals surface area contributed by atoms with E-state index >= 15 is 0 Å². The molecule has 19 heavy (non-hydrogen) atoms. The molecule has 0 aliphatic heterocycles. The molecule has 0 bridgehead atoms. The van der Waals surface area contributed by atoms with Crippen LogP contribution in [0.15, 0.2) is 22.7 Å². The van der Waals surface area contributed by atoms with Crippen molar-refractivity contribution in [3.05, 3.63) is 46.3 Å². The number of nitrogens with zero attached hydrogens (tertiary/aromatic N) is 2. The van der Waals surface area contributed by atoms with Gasteiger partial charge >= 0.3 is 0 Å². The van der Waals surface area contributed by atoms with E-state index in [2.05, 4.69) is 10.1 Å². The van der Waals surface area contributed by atoms with Crippen LogP contribution >= 0.6 is 11.6 Å². The van der Waals surface area contributed by atoms with Crippen molar-refractivity contribution in [3.8, 4) is 0 Å². The third-order valence-corrected chi connectivity index (χ3v) is 3.12. The van der Waals surface area contributed by atoms with Crippen LogP contribution in [0.1, 0.15) is 43.1 Å². The fourth-order valence-electron chi connectivity index (χ4n) is 1.76. The van der Waals surface area contributed by atoms with Gasteiger partial charge in [0.05, 0.1) is 6.04 Å². The lowest BCUT2D eigenvalue weighted by atomic mass is 10.1. The van der Waals surface area contributed by atoms with Crippen molar-refractivity contribution in [3.63, 3.8) is 0 Å². The lowest BCUT2D eigenvalue weighted by Gasteiger charge is -2.02. The fraction of sp³-hybridized carbons (Fsp3) is 0.385. The summed E-state index contributed by atoms with van der Waals surface area (Å²) >= 11 is 5.95. The first-order chi connectivity index (χ1) is 9.10. The Hall–Kier alpha value is -1.46. The largest absolute Gasteiger partial charge is 0.338 e. The van der Waals surface area contributed by atoms with Crippen LogP contribution in [0.4, 0.5) is 4.39 Å². The Labute approximate surface area is 115 Å². The van der Waals surface area contributed by atoms with E-state index in [0.717, 1.165) is 18.4 Å². The molecule has 0 saturated heterocycles. The lowest BCUT2D eigenvalue weighted by Crippen LogP contribution is -2.10. The summed E-state index contributed by atoms with van der Waals surface area (Å²) in [5, 5.41) is 4.21. The zero-order valence-corrected chi connectivity index (χ0v) is 11.3. The second-order valence-electron chi connectivity index (χ2n) is 4.36. The number of nitrogens with two attached hydrogens (primary N) is 1. The maximum absolute atomic E-state index is 12.9. The smallest absolute Gasteiger partial charge is 0.243 e. The quantitative estimate of drug-likeness (QED) is 0.915. The molecule has 0 radical (unpaired) electrons. The molecule has 1 aromatic heterocycles. The minimum atomic E-state index is -0.368. The first kappa shape index (κ1) is 14.0. The van der Waals surface area contributed by atoms with Crippen molar-refractivity contribution in [1.82, 2.24) is 10.1 Å². The van der Waals surface area contributed by atoms with Crippen LogP contribution in [0.3, 0.4) is 0 Å². The Morgan fingerprint density at radius 3 is 2.95 bits per heavy atom. The summed E-state index contributed by atoms with van der Waals surface area (Å²) in [6.07, 6.45) is 2.13. The van der Waals surface area contributed by atoms with E-state index in [1.807, 2.05) is 6.92 Å². The van der Waals surface area contributed by atoms with Crippen LogP contribution < -0.4 is 5.73 Å². The van der Waals surface area contributed by atoms with Gasteiger partial charge in [-0.25, -0.2) is 4.39 Å². The topological polar surface area (TPSA) is 64.9 Å². The van der Waals surface area contributed by atoms with Gasteiger partial charge in [0.1, 0.15) is 5.82 Å². The minimum absolute atomic E-state index is 0.241. The highest BCUT2D eigenvalue weighted by molar-refractivity contribution is 6.31. The molecular formula is C13H15ClFN3O. The molecule has 0 saturated carbocycles. The van der Waals surface area contributed by atoms with Crippen LogP contribution in [0.2, 0.25) is 5.02 Å². The van der Waals surface area contributed by atoms with Crippen molar-refractivity contribution in [1.29, 1.82) is 0 Å². The molecule has 0 aliphatic rings. The van der Waals surface area contributed by atoms with E-state index in [-0.39, 0.29) is 11.9 Å². The van der Waals surface area contributed by atoms with Crippen molar-refractivity contribution >= 4 is 11.6 Å². The molecule has 1 aromatic carbocycles. The average Bonchev–Trinajstić information content (AvgIpc) is 2.82. The van der Waals surface area contributed by atoms with Gasteiger partial charge in [0.2, 0.25) is 5.89 Å². The Morgan fingerprint density at radius 1 is 1.47 bits per heavy atom. The molecule has 6 heteroatoms. The normalized spacial score (nSPS) is 12.6. The van der Waals surface area contributed by atoms with Gasteiger partial charge in [-0.3, -0.25) is 0 Å². The second-order valence-corrected chi connectivity index (χ2v) is 4.76. The zero-order chi connectivity index (χ0) is 13.8. The Bertz CT molecular complexity index is 559. The third-order valence-electron chi connectivity index (χ3n) is 2.76. The van der Waals surface area contributed by atoms with Crippen LogP contribution in [0, 0.1) is 5.82 Å². The van der Waals surface area contributed by atoms with Gasteiger partial charge in [0.15, 0.2) is 5.82 Å². The first-order valence-corrected chi connectivity index (χ1v) is 6.50. The SMILES string of the molecule is CCC[C@H](N)c1nc(Cc2ccc(F)cc2Cl)no1. The Balaban J connectivity index is 2.11. The molecule has 0 spiro atoms. The van der Waals surface area contributed by atoms with E-state index in [4.69, 9.17) is 21.9 Å². The fourth-order valence-corrected chi connectivity index (χ4v) is 1.99. The van der Waals surface area contributed by atoms with E-state index < -0.39 is 0 Å². The summed E-state index contributed by atoms with van der Waals surface area (Å²) in [4.78, 5) is 4.23. The first-order valence-electron chi connectivity index (χ1n) is 6.12. The lowest BCUT2D eigenvalue weighted by molar-refractivity contribution is 0.345. The van der Waals surface area contributed by atoms with Gasteiger partial charge < -0.3 is 10.3 Å². The maximum atomic E-state index is 12.9. The van der Waals surface area contributed by atoms with Crippen molar-refractivity contribution in [2.24, 2.45) is 5.73 Å². The van der Waals surface area contributed by atoms with Crippen LogP contribution in [0.25, 0.3) is 0 Å². The van der Waals surface area contributed by atoms with E-state index in [1.165, 1.54) is 12.1 Å². The summed E-state index contributed by atoms with van der Waals surface area (Å²) in [5.74, 6) is 0.553. The predicted octanol–water partition coefficient (Wildman–Crippen LogP) is 3.25. The van der Waals surface area contributed by atoms with Crippen LogP contribution in [-0.4, -0.2) is 10.1 Å². The highest BCUT2D eigenvalue weighted by atomic mass is 35.5. The number of halogens is 2. The number of aromatic nitrogens is 2. The zero-order valence-electron chi connectivity index (χ0n) is 10.6. The number of rotatable bonds is 5. The summed E-state index contributed by atoms with van der Waals surface area (Å²) < 4.78 is 18.0. The van der Waals surface area contributed by atoms with E-state index in [0.29, 0.717) is 23.2 Å². The summed E-state index contributed by atoms with van der Waals surface area (Å²) in [5.41, 5.74) is 6.64. The highest BCUT2D eigenvalue weighted by Crippen LogP contribution is 2.20. The Morgan fingerprint density at radius 2 is 2.26 bits per heavy atom. The molecule has 0 unspecified atom stereocenters. The van der Waals surface area contributed by atoms with Gasteiger partial charge in [-0.15, -0.1) is 0 Å². The van der Waals surface area contributed by atoms with E-state index in [9.17, 15) is 4.39 Å². The van der Waals surface area contributed by atoms with Gasteiger partial charge in [0, 0.05) is 11.4 Å². The summed E-state index contributed by atoms with van der Waals surface area (Å²) in [7, 11) is 0. The third kappa shape index (κ3) is 3.52. The van der Waals surface area contributed by atoms with Gasteiger partial charge in [-0.2, -0.15) is 4.98 Å². The summed E-state index contributed by atoms with van der Waals surface area (Å²) in [6, 6.07) is 3.99. The van der Waals surface area contributed by atoms with Crippen LogP contribution in [-0.2, 0) is 6.42 Å². The molecule has 0 fully saturated rings. The average molecular weight is 284 g/mol. The highest BCUT2D eigenvalue weighted by Gasteiger charge is 2.14. The Kier molecular flexibility index (Phi) is 4.50. The van der Waals surface area contributed by atoms with Crippen molar-refractivity contribution in [2.45, 2.75) is 32.2 Å². The second kappa shape index (κ2) is 6.12. The van der Waals surface area contributed by atoms with E-state index in [1.54, 1.807) is 6.07 Å². The summed E-state index contributed by atoms with van der Waals surface area (Å²) in [6.45, 7) is 2.04. The molecule has 0 aliphatic carbocycles. The van der Waals surface area contributed by atoms with Crippen LogP contribution in [0.5, 0.6) is 0 Å². The predicted molar refractivity (Wildman–Crippen MR) is 70.4 cm³/mol. The number of hydrogen-bond acceptors (Lipinski definition) is 4. The van der Waals surface area contributed by atoms with Crippen molar-refractivity contribution in [2.75, 3.05) is 0 Å². The molecule has 2 N–H and O–H groups in total. The van der Waals surface area contributed by atoms with Gasteiger partial charge in [-0.1, -0.05) is 36.2 Å². The molecule has 0 amide bonds. The van der Waals surface area contributed by atoms with Gasteiger partial charge in [-0.05, 0) is 24.1 Å². The molecular weight excluding hydrogens is 269 g/mol. The number of benzene rings is 1. The molecule has 1 heterocycles. The molecule has 102 valence electrons.